The Kier molecular flexibility index (Phi) is 8.25. The fraction of sp³-hybridized carbons (Fsp3) is 0.417. The summed E-state index contributed by atoms with van der Waals surface area (Å²) in [5, 5.41) is 2.95. The van der Waals surface area contributed by atoms with Crippen molar-refractivity contribution in [3.63, 3.8) is 0 Å². The zero-order valence-corrected chi connectivity index (χ0v) is 18.1. The molecule has 0 unspecified atom stereocenters. The number of hydrogen-bond donors (Lipinski definition) is 1. The van der Waals surface area contributed by atoms with Gasteiger partial charge in [-0.1, -0.05) is 48.9 Å². The van der Waals surface area contributed by atoms with E-state index >= 15 is 0 Å². The van der Waals surface area contributed by atoms with Crippen LogP contribution in [0.25, 0.3) is 0 Å². The topological polar surface area (TPSA) is 58.6 Å². The Hall–Kier alpha value is -2.82. The van der Waals surface area contributed by atoms with Gasteiger partial charge in [0, 0.05) is 12.6 Å². The molecule has 1 atom stereocenters. The largest absolute Gasteiger partial charge is 0.497 e. The average Bonchev–Trinajstić information content (AvgIpc) is 2.69. The summed E-state index contributed by atoms with van der Waals surface area (Å²) in [6.07, 6.45) is 0.803. The Balaban J connectivity index is 2.30. The molecule has 0 heterocycles. The van der Waals surface area contributed by atoms with Crippen molar-refractivity contribution in [1.82, 2.24) is 10.2 Å². The van der Waals surface area contributed by atoms with Gasteiger partial charge in [0.15, 0.2) is 0 Å². The first-order chi connectivity index (χ1) is 13.8. The molecular formula is C24H32N2O3. The van der Waals surface area contributed by atoms with Gasteiger partial charge < -0.3 is 15.0 Å². The van der Waals surface area contributed by atoms with Crippen molar-refractivity contribution >= 4 is 11.8 Å². The van der Waals surface area contributed by atoms with E-state index in [0.29, 0.717) is 13.0 Å². The van der Waals surface area contributed by atoms with Crippen molar-refractivity contribution in [2.45, 2.75) is 59.2 Å². The van der Waals surface area contributed by atoms with Crippen LogP contribution in [0.1, 0.15) is 43.9 Å². The summed E-state index contributed by atoms with van der Waals surface area (Å²) in [7, 11) is 1.62. The van der Waals surface area contributed by atoms with Gasteiger partial charge in [-0.05, 0) is 50.5 Å². The second-order valence-corrected chi connectivity index (χ2v) is 7.62. The number of benzene rings is 2. The van der Waals surface area contributed by atoms with Gasteiger partial charge in [-0.25, -0.2) is 0 Å². The van der Waals surface area contributed by atoms with Crippen LogP contribution < -0.4 is 10.1 Å². The molecule has 5 nitrogen and oxygen atoms in total. The summed E-state index contributed by atoms with van der Waals surface area (Å²) in [6, 6.07) is 15.0. The van der Waals surface area contributed by atoms with Crippen LogP contribution in [-0.2, 0) is 22.6 Å². The van der Waals surface area contributed by atoms with Gasteiger partial charge >= 0.3 is 0 Å². The highest BCUT2D eigenvalue weighted by Crippen LogP contribution is 2.18. The fourth-order valence-electron chi connectivity index (χ4n) is 3.25. The number of methoxy groups -OCH3 is 1. The highest BCUT2D eigenvalue weighted by atomic mass is 16.5. The summed E-state index contributed by atoms with van der Waals surface area (Å²) < 4.78 is 5.31. The second-order valence-electron chi connectivity index (χ2n) is 7.62. The van der Waals surface area contributed by atoms with Crippen LogP contribution >= 0.6 is 0 Å². The van der Waals surface area contributed by atoms with Crippen molar-refractivity contribution < 1.29 is 14.3 Å². The third kappa shape index (κ3) is 6.63. The number of carbonyl (C=O) groups excluding carboxylic acids is 2. The molecule has 0 aliphatic heterocycles. The molecule has 0 aromatic heterocycles. The summed E-state index contributed by atoms with van der Waals surface area (Å²) in [5.41, 5.74) is 3.02. The molecule has 0 radical (unpaired) electrons. The van der Waals surface area contributed by atoms with E-state index in [1.165, 1.54) is 0 Å². The number of aryl methyl sites for hydroxylation is 1. The van der Waals surface area contributed by atoms with Crippen LogP contribution in [0.3, 0.4) is 0 Å². The number of hydrogen-bond acceptors (Lipinski definition) is 3. The minimum Gasteiger partial charge on any atom is -0.497 e. The molecule has 0 aliphatic rings. The maximum absolute atomic E-state index is 13.3. The van der Waals surface area contributed by atoms with Crippen LogP contribution in [0.2, 0.25) is 0 Å². The summed E-state index contributed by atoms with van der Waals surface area (Å²) >= 11 is 0. The third-order valence-corrected chi connectivity index (χ3v) is 4.78. The maximum atomic E-state index is 13.3. The van der Waals surface area contributed by atoms with E-state index in [-0.39, 0.29) is 24.3 Å². The van der Waals surface area contributed by atoms with Crippen LogP contribution in [0.15, 0.2) is 48.5 Å². The van der Waals surface area contributed by atoms with E-state index in [0.717, 1.165) is 22.4 Å². The quantitative estimate of drug-likeness (QED) is 0.700. The molecule has 1 N–H and O–H groups in total. The molecule has 2 aromatic rings. The van der Waals surface area contributed by atoms with Gasteiger partial charge in [0.1, 0.15) is 11.8 Å². The number of rotatable bonds is 9. The normalized spacial score (nSPS) is 11.8. The average molecular weight is 397 g/mol. The molecule has 0 spiro atoms. The minimum atomic E-state index is -0.526. The lowest BCUT2D eigenvalue weighted by Gasteiger charge is -2.31. The molecule has 2 aromatic carbocycles. The van der Waals surface area contributed by atoms with Gasteiger partial charge in [-0.15, -0.1) is 0 Å². The van der Waals surface area contributed by atoms with Crippen LogP contribution in [0, 0.1) is 6.92 Å². The van der Waals surface area contributed by atoms with Gasteiger partial charge in [-0.2, -0.15) is 0 Å². The first-order valence-electron chi connectivity index (χ1n) is 10.1. The lowest BCUT2D eigenvalue weighted by molar-refractivity contribution is -0.141. The van der Waals surface area contributed by atoms with E-state index in [4.69, 9.17) is 4.74 Å². The smallest absolute Gasteiger partial charge is 0.243 e. The van der Waals surface area contributed by atoms with Gasteiger partial charge in [0.05, 0.1) is 13.5 Å². The van der Waals surface area contributed by atoms with Crippen molar-refractivity contribution in [2.24, 2.45) is 0 Å². The maximum Gasteiger partial charge on any atom is 0.243 e. The first kappa shape index (κ1) is 22.5. The molecule has 0 saturated carbocycles. The highest BCUT2D eigenvalue weighted by Gasteiger charge is 2.29. The lowest BCUT2D eigenvalue weighted by Crippen LogP contribution is -2.50. The number of nitrogens with zero attached hydrogens (tertiary/aromatic N) is 1. The minimum absolute atomic E-state index is 0.0161. The number of ether oxygens (including phenoxy) is 1. The van der Waals surface area contributed by atoms with Gasteiger partial charge in [0.2, 0.25) is 11.8 Å². The summed E-state index contributed by atoms with van der Waals surface area (Å²) in [5.74, 6) is 0.540. The molecule has 2 rings (SSSR count). The van der Waals surface area contributed by atoms with E-state index < -0.39 is 6.04 Å². The van der Waals surface area contributed by atoms with E-state index in [9.17, 15) is 9.59 Å². The predicted octanol–water partition coefficient (Wildman–Crippen LogP) is 3.88. The standard InChI is InChI=1S/C24H32N2O3/c1-6-22(24(28)25-17(2)3)26(16-20-8-7-9-21(14-20)29-5)23(27)15-19-12-10-18(4)11-13-19/h7-14,17,22H,6,15-16H2,1-5H3,(H,25,28)/t22-/m1/s1. The predicted molar refractivity (Wildman–Crippen MR) is 116 cm³/mol. The number of amides is 2. The lowest BCUT2D eigenvalue weighted by atomic mass is 10.1. The Morgan fingerprint density at radius 1 is 1.07 bits per heavy atom. The summed E-state index contributed by atoms with van der Waals surface area (Å²) in [6.45, 7) is 8.15. The number of carbonyl (C=O) groups is 2. The Labute approximate surface area is 174 Å². The molecule has 0 saturated heterocycles. The third-order valence-electron chi connectivity index (χ3n) is 4.78. The SMILES string of the molecule is CC[C@H](C(=O)NC(C)C)N(Cc1cccc(OC)c1)C(=O)Cc1ccc(C)cc1. The van der Waals surface area contributed by atoms with Crippen molar-refractivity contribution in [1.29, 1.82) is 0 Å². The molecule has 2 amide bonds. The molecule has 0 bridgehead atoms. The van der Waals surface area contributed by atoms with Gasteiger partial charge in [-0.3, -0.25) is 9.59 Å². The highest BCUT2D eigenvalue weighted by molar-refractivity contribution is 5.88. The Morgan fingerprint density at radius 2 is 1.76 bits per heavy atom. The molecule has 156 valence electrons. The molecule has 0 fully saturated rings. The monoisotopic (exact) mass is 396 g/mol. The first-order valence-corrected chi connectivity index (χ1v) is 10.1. The van der Waals surface area contributed by atoms with Crippen molar-refractivity contribution in [2.75, 3.05) is 7.11 Å². The van der Waals surface area contributed by atoms with Crippen molar-refractivity contribution in [3.05, 3.63) is 65.2 Å². The second kappa shape index (κ2) is 10.6. The molecule has 0 aliphatic carbocycles. The molecule has 5 heteroatoms. The zero-order valence-electron chi connectivity index (χ0n) is 18.1. The molecular weight excluding hydrogens is 364 g/mol. The summed E-state index contributed by atoms with van der Waals surface area (Å²) in [4.78, 5) is 27.8. The van der Waals surface area contributed by atoms with Crippen LogP contribution in [0.5, 0.6) is 5.75 Å². The van der Waals surface area contributed by atoms with E-state index in [1.807, 2.05) is 76.2 Å². The van der Waals surface area contributed by atoms with Crippen LogP contribution in [-0.4, -0.2) is 35.9 Å². The fourth-order valence-corrected chi connectivity index (χ4v) is 3.25. The number of nitrogens with one attached hydrogen (secondary N) is 1. The Bertz CT molecular complexity index is 815. The van der Waals surface area contributed by atoms with E-state index in [1.54, 1.807) is 12.0 Å². The van der Waals surface area contributed by atoms with Gasteiger partial charge in [0.25, 0.3) is 0 Å². The zero-order chi connectivity index (χ0) is 21.4. The van der Waals surface area contributed by atoms with Crippen molar-refractivity contribution in [3.8, 4) is 5.75 Å². The van der Waals surface area contributed by atoms with Crippen LogP contribution in [0.4, 0.5) is 0 Å². The Morgan fingerprint density at radius 3 is 2.34 bits per heavy atom. The van der Waals surface area contributed by atoms with E-state index in [2.05, 4.69) is 5.32 Å². The molecule has 29 heavy (non-hydrogen) atoms.